The number of ether oxygens (including phenoxy) is 3. The summed E-state index contributed by atoms with van der Waals surface area (Å²) in [7, 11) is 0. The van der Waals surface area contributed by atoms with Gasteiger partial charge in [0.2, 0.25) is 0 Å². The number of rotatable bonds is 4. The summed E-state index contributed by atoms with van der Waals surface area (Å²) in [4.78, 5) is 0. The van der Waals surface area contributed by atoms with Gasteiger partial charge in [0, 0.05) is 5.69 Å². The fraction of sp³-hybridized carbons (Fsp3) is 0.500. The summed E-state index contributed by atoms with van der Waals surface area (Å²) in [6, 6.07) is 7.72. The molecule has 1 aromatic carbocycles. The van der Waals surface area contributed by atoms with E-state index in [-0.39, 0.29) is 24.6 Å². The highest BCUT2D eigenvalue weighted by atomic mass is 16.8. The second-order valence-electron chi connectivity index (χ2n) is 4.30. The summed E-state index contributed by atoms with van der Waals surface area (Å²) < 4.78 is 16.4. The summed E-state index contributed by atoms with van der Waals surface area (Å²) in [6.07, 6.45) is 0.261. The third-order valence-corrected chi connectivity index (χ3v) is 2.90. The summed E-state index contributed by atoms with van der Waals surface area (Å²) in [5.74, 6) is 0. The van der Waals surface area contributed by atoms with Crippen molar-refractivity contribution in [1.82, 2.24) is 0 Å². The van der Waals surface area contributed by atoms with Crippen LogP contribution in [0.4, 0.5) is 5.69 Å². The van der Waals surface area contributed by atoms with E-state index in [0.29, 0.717) is 0 Å². The monoisotopic (exact) mass is 221 g/mol. The fourth-order valence-electron chi connectivity index (χ4n) is 1.75. The topological polar surface area (TPSA) is 60.3 Å². The molecular weight excluding hydrogens is 206 g/mol. The van der Waals surface area contributed by atoms with Crippen molar-refractivity contribution < 1.29 is 14.2 Å². The van der Waals surface area contributed by atoms with Gasteiger partial charge in [-0.25, -0.2) is 0 Å². The Morgan fingerprint density at radius 2 is 2.00 bits per heavy atom. The van der Waals surface area contributed by atoms with E-state index in [0.717, 1.165) is 17.9 Å². The molecule has 3 rings (SSSR count). The van der Waals surface area contributed by atoms with E-state index in [1.54, 1.807) is 0 Å². The van der Waals surface area contributed by atoms with Gasteiger partial charge in [-0.05, 0) is 24.6 Å². The molecule has 4 atom stereocenters. The summed E-state index contributed by atoms with van der Waals surface area (Å²) in [5.41, 5.74) is 7.51. The molecule has 0 amide bonds. The van der Waals surface area contributed by atoms with Gasteiger partial charge < -0.3 is 19.9 Å². The minimum atomic E-state index is -0.0771. The lowest BCUT2D eigenvalue weighted by molar-refractivity contribution is -0.0262. The largest absolute Gasteiger partial charge is 0.399 e. The smallest absolute Gasteiger partial charge is 0.184 e. The second-order valence-corrected chi connectivity index (χ2v) is 4.30. The van der Waals surface area contributed by atoms with Crippen molar-refractivity contribution in [3.63, 3.8) is 0 Å². The molecule has 0 aliphatic carbocycles. The van der Waals surface area contributed by atoms with Gasteiger partial charge in [0.1, 0.15) is 18.3 Å². The Labute approximate surface area is 94.3 Å². The van der Waals surface area contributed by atoms with Gasteiger partial charge in [-0.1, -0.05) is 12.1 Å². The molecule has 2 heterocycles. The maximum Gasteiger partial charge on any atom is 0.184 e. The van der Waals surface area contributed by atoms with E-state index in [2.05, 4.69) is 0 Å². The van der Waals surface area contributed by atoms with Gasteiger partial charge in [0.05, 0.1) is 6.61 Å². The van der Waals surface area contributed by atoms with Crippen molar-refractivity contribution >= 4 is 5.69 Å². The van der Waals surface area contributed by atoms with E-state index >= 15 is 0 Å². The fourth-order valence-corrected chi connectivity index (χ4v) is 1.75. The molecular formula is C12H15NO3. The van der Waals surface area contributed by atoms with E-state index in [1.807, 2.05) is 31.2 Å². The van der Waals surface area contributed by atoms with Gasteiger partial charge >= 0.3 is 0 Å². The second kappa shape index (κ2) is 3.73. The van der Waals surface area contributed by atoms with E-state index in [1.165, 1.54) is 0 Å². The Balaban J connectivity index is 1.74. The van der Waals surface area contributed by atoms with E-state index < -0.39 is 0 Å². The van der Waals surface area contributed by atoms with Crippen LogP contribution in [0.5, 0.6) is 0 Å². The Morgan fingerprint density at radius 3 is 2.50 bits per heavy atom. The molecule has 2 N–H and O–H groups in total. The van der Waals surface area contributed by atoms with Crippen LogP contribution in [0.3, 0.4) is 0 Å². The lowest BCUT2D eigenvalue weighted by Crippen LogP contribution is -2.13. The third kappa shape index (κ3) is 2.04. The zero-order valence-corrected chi connectivity index (χ0v) is 9.13. The minimum Gasteiger partial charge on any atom is -0.399 e. The van der Waals surface area contributed by atoms with Gasteiger partial charge in [0.25, 0.3) is 0 Å². The van der Waals surface area contributed by atoms with Crippen LogP contribution in [0.2, 0.25) is 0 Å². The molecule has 2 aliphatic heterocycles. The van der Waals surface area contributed by atoms with E-state index in [9.17, 15) is 0 Å². The van der Waals surface area contributed by atoms with Gasteiger partial charge in [-0.15, -0.1) is 0 Å². The Kier molecular flexibility index (Phi) is 2.35. The predicted molar refractivity (Wildman–Crippen MR) is 58.8 cm³/mol. The first kappa shape index (κ1) is 10.1. The normalized spacial score (nSPS) is 33.4. The van der Waals surface area contributed by atoms with Gasteiger partial charge in [-0.3, -0.25) is 0 Å². The first-order chi connectivity index (χ1) is 7.74. The Morgan fingerprint density at radius 1 is 1.38 bits per heavy atom. The molecule has 86 valence electrons. The van der Waals surface area contributed by atoms with Crippen molar-refractivity contribution in [1.29, 1.82) is 0 Å². The number of nitrogens with two attached hydrogens (primary N) is 1. The number of hydrogen-bond donors (Lipinski definition) is 1. The highest BCUT2D eigenvalue weighted by molar-refractivity contribution is 5.40. The Hall–Kier alpha value is -1.10. The highest BCUT2D eigenvalue weighted by Gasteiger charge is 2.43. The maximum atomic E-state index is 5.84. The van der Waals surface area contributed by atoms with Gasteiger partial charge in [-0.2, -0.15) is 0 Å². The SMILES string of the molecule is CC1OC1OC(c1ccc(N)cc1)C1CO1. The van der Waals surface area contributed by atoms with Crippen molar-refractivity contribution in [3.05, 3.63) is 29.8 Å². The molecule has 4 nitrogen and oxygen atoms in total. The van der Waals surface area contributed by atoms with Crippen molar-refractivity contribution in [3.8, 4) is 0 Å². The number of benzene rings is 1. The van der Waals surface area contributed by atoms with Gasteiger partial charge in [0.15, 0.2) is 6.29 Å². The molecule has 0 radical (unpaired) electrons. The van der Waals surface area contributed by atoms with Crippen molar-refractivity contribution in [2.24, 2.45) is 0 Å². The zero-order valence-electron chi connectivity index (χ0n) is 9.13. The van der Waals surface area contributed by atoms with Crippen LogP contribution in [0, 0.1) is 0 Å². The molecule has 2 fully saturated rings. The van der Waals surface area contributed by atoms with Crippen LogP contribution in [-0.2, 0) is 14.2 Å². The number of nitrogen functional groups attached to an aromatic ring is 1. The first-order valence-corrected chi connectivity index (χ1v) is 5.52. The lowest BCUT2D eigenvalue weighted by atomic mass is 10.1. The van der Waals surface area contributed by atoms with Crippen LogP contribution >= 0.6 is 0 Å². The first-order valence-electron chi connectivity index (χ1n) is 5.52. The predicted octanol–water partition coefficient (Wildman–Crippen LogP) is 1.47. The van der Waals surface area contributed by atoms with E-state index in [4.69, 9.17) is 19.9 Å². The molecule has 2 saturated heterocycles. The number of epoxide rings is 2. The molecule has 1 aromatic rings. The van der Waals surface area contributed by atoms with Crippen LogP contribution in [0.1, 0.15) is 18.6 Å². The standard InChI is InChI=1S/C12H15NO3/c1-7-12(15-7)16-11(10-6-14-10)8-2-4-9(13)5-3-8/h2-5,7,10-12H,6,13H2,1H3. The molecule has 2 aliphatic rings. The maximum absolute atomic E-state index is 5.84. The molecule has 4 heteroatoms. The summed E-state index contributed by atoms with van der Waals surface area (Å²) >= 11 is 0. The van der Waals surface area contributed by atoms with Crippen LogP contribution in [0.15, 0.2) is 24.3 Å². The molecule has 0 saturated carbocycles. The van der Waals surface area contributed by atoms with Crippen LogP contribution in [0.25, 0.3) is 0 Å². The molecule has 4 unspecified atom stereocenters. The molecule has 0 bridgehead atoms. The van der Waals surface area contributed by atoms with Crippen LogP contribution < -0.4 is 5.73 Å². The highest BCUT2D eigenvalue weighted by Crippen LogP contribution is 2.36. The summed E-state index contributed by atoms with van der Waals surface area (Å²) in [5, 5.41) is 0. The van der Waals surface area contributed by atoms with Crippen molar-refractivity contribution in [2.45, 2.75) is 31.5 Å². The molecule has 0 aromatic heterocycles. The average Bonchev–Trinajstić information content (AvgIpc) is 3.14. The summed E-state index contributed by atoms with van der Waals surface area (Å²) in [6.45, 7) is 2.76. The lowest BCUT2D eigenvalue weighted by Gasteiger charge is -2.14. The molecule has 16 heavy (non-hydrogen) atoms. The third-order valence-electron chi connectivity index (χ3n) is 2.90. The average molecular weight is 221 g/mol. The number of anilines is 1. The zero-order chi connectivity index (χ0) is 11.1. The minimum absolute atomic E-state index is 0.0319. The van der Waals surface area contributed by atoms with Crippen LogP contribution in [-0.4, -0.2) is 25.1 Å². The van der Waals surface area contributed by atoms with Crippen molar-refractivity contribution in [2.75, 3.05) is 12.3 Å². The molecule has 0 spiro atoms. The number of hydrogen-bond acceptors (Lipinski definition) is 4. The quantitative estimate of drug-likeness (QED) is 0.617. The Bertz CT molecular complexity index is 374.